The Balaban J connectivity index is 2.83. The van der Waals surface area contributed by atoms with Crippen LogP contribution in [0.2, 0.25) is 0 Å². The third kappa shape index (κ3) is 4.44. The lowest BCUT2D eigenvalue weighted by atomic mass is 10.2. The smallest absolute Gasteiger partial charge is 0.322 e. The van der Waals surface area contributed by atoms with Gasteiger partial charge in [-0.1, -0.05) is 0 Å². The molecule has 0 saturated heterocycles. The number of carbonyl (C=O) groups excluding carboxylic acids is 1. The normalized spacial score (nSPS) is 12.2. The average Bonchev–Trinajstić information content (AvgIpc) is 2.13. The Hall–Kier alpha value is -1.43. The van der Waals surface area contributed by atoms with Crippen LogP contribution in [0.15, 0.2) is 29.2 Å². The summed E-state index contributed by atoms with van der Waals surface area (Å²) in [7, 11) is -3.79. The summed E-state index contributed by atoms with van der Waals surface area (Å²) in [6.45, 7) is 4.94. The molecule has 100 valence electrons. The Kier molecular flexibility index (Phi) is 4.11. The Morgan fingerprint density at radius 1 is 1.22 bits per heavy atom. The maximum Gasteiger partial charge on any atom is 0.322 e. The number of esters is 1. The van der Waals surface area contributed by atoms with Gasteiger partial charge in [-0.2, -0.15) is 0 Å². The van der Waals surface area contributed by atoms with Gasteiger partial charge < -0.3 is 4.74 Å². The summed E-state index contributed by atoms with van der Waals surface area (Å²) >= 11 is 0. The van der Waals surface area contributed by atoms with Crippen molar-refractivity contribution in [2.45, 2.75) is 31.3 Å². The SMILES string of the molecule is CC(C)(C)OC(=O)CS(=O)(=O)c1ccc(F)cc1. The minimum Gasteiger partial charge on any atom is -0.459 e. The van der Waals surface area contributed by atoms with Gasteiger partial charge in [0.05, 0.1) is 4.90 Å². The highest BCUT2D eigenvalue weighted by Crippen LogP contribution is 2.14. The first-order chi connectivity index (χ1) is 8.10. The minimum atomic E-state index is -3.79. The fourth-order valence-electron chi connectivity index (χ4n) is 1.25. The van der Waals surface area contributed by atoms with E-state index in [9.17, 15) is 17.6 Å². The van der Waals surface area contributed by atoms with Crippen molar-refractivity contribution in [3.8, 4) is 0 Å². The topological polar surface area (TPSA) is 60.4 Å². The number of hydrogen-bond donors (Lipinski definition) is 0. The predicted molar refractivity (Wildman–Crippen MR) is 64.3 cm³/mol. The molecule has 0 aliphatic heterocycles. The minimum absolute atomic E-state index is 0.102. The van der Waals surface area contributed by atoms with Crippen LogP contribution in [-0.4, -0.2) is 25.7 Å². The third-order valence-electron chi connectivity index (χ3n) is 1.90. The first-order valence-electron chi connectivity index (χ1n) is 5.30. The van der Waals surface area contributed by atoms with Crippen LogP contribution >= 0.6 is 0 Å². The molecule has 0 heterocycles. The number of ether oxygens (including phenoxy) is 1. The molecule has 0 unspecified atom stereocenters. The van der Waals surface area contributed by atoms with Crippen LogP contribution in [-0.2, 0) is 19.4 Å². The molecule has 0 atom stereocenters. The summed E-state index contributed by atoms with van der Waals surface area (Å²) < 4.78 is 41.2. The summed E-state index contributed by atoms with van der Waals surface area (Å²) in [6, 6.07) is 4.30. The van der Waals surface area contributed by atoms with E-state index in [4.69, 9.17) is 4.74 Å². The number of benzene rings is 1. The highest BCUT2D eigenvalue weighted by Gasteiger charge is 2.24. The zero-order valence-electron chi connectivity index (χ0n) is 10.4. The van der Waals surface area contributed by atoms with Gasteiger partial charge in [0.15, 0.2) is 15.6 Å². The molecule has 0 N–H and O–H groups in total. The van der Waals surface area contributed by atoms with E-state index < -0.39 is 33.0 Å². The lowest BCUT2D eigenvalue weighted by molar-refractivity contribution is -0.151. The van der Waals surface area contributed by atoms with Gasteiger partial charge in [0, 0.05) is 0 Å². The lowest BCUT2D eigenvalue weighted by Gasteiger charge is -2.19. The van der Waals surface area contributed by atoms with Crippen molar-refractivity contribution in [2.75, 3.05) is 5.75 Å². The summed E-state index contributed by atoms with van der Waals surface area (Å²) in [4.78, 5) is 11.3. The van der Waals surface area contributed by atoms with E-state index in [1.807, 2.05) is 0 Å². The van der Waals surface area contributed by atoms with E-state index in [1.54, 1.807) is 20.8 Å². The Labute approximate surface area is 106 Å². The quantitative estimate of drug-likeness (QED) is 0.624. The molecule has 0 aliphatic rings. The molecule has 0 saturated carbocycles. The van der Waals surface area contributed by atoms with Crippen LogP contribution in [0.25, 0.3) is 0 Å². The van der Waals surface area contributed by atoms with E-state index in [-0.39, 0.29) is 4.90 Å². The molecule has 0 aliphatic carbocycles. The fourth-order valence-corrected chi connectivity index (χ4v) is 2.34. The van der Waals surface area contributed by atoms with E-state index >= 15 is 0 Å². The average molecular weight is 274 g/mol. The Morgan fingerprint density at radius 3 is 2.17 bits per heavy atom. The molecule has 0 aromatic heterocycles. The molecule has 0 bridgehead atoms. The van der Waals surface area contributed by atoms with Gasteiger partial charge in [-0.15, -0.1) is 0 Å². The van der Waals surface area contributed by atoms with E-state index in [1.165, 1.54) is 0 Å². The first kappa shape index (κ1) is 14.6. The third-order valence-corrected chi connectivity index (χ3v) is 3.51. The molecular weight excluding hydrogens is 259 g/mol. The van der Waals surface area contributed by atoms with Gasteiger partial charge in [-0.25, -0.2) is 12.8 Å². The Morgan fingerprint density at radius 2 is 1.72 bits per heavy atom. The lowest BCUT2D eigenvalue weighted by Crippen LogP contribution is -2.28. The van der Waals surface area contributed by atoms with Crippen LogP contribution in [0, 0.1) is 5.82 Å². The largest absolute Gasteiger partial charge is 0.459 e. The van der Waals surface area contributed by atoms with E-state index in [0.29, 0.717) is 0 Å². The Bertz CT molecular complexity index is 526. The molecule has 0 amide bonds. The second-order valence-corrected chi connectivity index (χ2v) is 6.79. The van der Waals surface area contributed by atoms with Gasteiger partial charge in [0.1, 0.15) is 11.4 Å². The maximum atomic E-state index is 12.7. The molecule has 0 radical (unpaired) electrons. The van der Waals surface area contributed by atoms with Gasteiger partial charge in [-0.3, -0.25) is 4.79 Å². The number of sulfone groups is 1. The second-order valence-electron chi connectivity index (χ2n) is 4.80. The molecular formula is C12H15FO4S. The van der Waals surface area contributed by atoms with Crippen LogP contribution in [0.1, 0.15) is 20.8 Å². The highest BCUT2D eigenvalue weighted by atomic mass is 32.2. The molecule has 1 aromatic carbocycles. The number of rotatable bonds is 3. The first-order valence-corrected chi connectivity index (χ1v) is 6.95. The predicted octanol–water partition coefficient (Wildman–Crippen LogP) is 1.94. The van der Waals surface area contributed by atoms with Crippen LogP contribution < -0.4 is 0 Å². The van der Waals surface area contributed by atoms with Crippen molar-refractivity contribution in [2.24, 2.45) is 0 Å². The zero-order valence-corrected chi connectivity index (χ0v) is 11.3. The van der Waals surface area contributed by atoms with Gasteiger partial charge in [0.2, 0.25) is 0 Å². The maximum absolute atomic E-state index is 12.7. The second kappa shape index (κ2) is 5.06. The molecule has 0 fully saturated rings. The zero-order chi connectivity index (χ0) is 14.0. The standard InChI is InChI=1S/C12H15FO4S/c1-12(2,3)17-11(14)8-18(15,16)10-6-4-9(13)5-7-10/h4-7H,8H2,1-3H3. The summed E-state index contributed by atoms with van der Waals surface area (Å²) in [5.41, 5.74) is -0.741. The summed E-state index contributed by atoms with van der Waals surface area (Å²) in [6.07, 6.45) is 0. The molecule has 6 heteroatoms. The summed E-state index contributed by atoms with van der Waals surface area (Å²) in [5.74, 6) is -2.12. The van der Waals surface area contributed by atoms with Crippen molar-refractivity contribution in [3.05, 3.63) is 30.1 Å². The monoisotopic (exact) mass is 274 g/mol. The molecule has 4 nitrogen and oxygen atoms in total. The molecule has 1 aromatic rings. The van der Waals surface area contributed by atoms with Crippen LogP contribution in [0.3, 0.4) is 0 Å². The van der Waals surface area contributed by atoms with E-state index in [0.717, 1.165) is 24.3 Å². The van der Waals surface area contributed by atoms with Crippen molar-refractivity contribution in [1.82, 2.24) is 0 Å². The number of halogens is 1. The number of carbonyl (C=O) groups is 1. The van der Waals surface area contributed by atoms with Crippen LogP contribution in [0.4, 0.5) is 4.39 Å². The van der Waals surface area contributed by atoms with Crippen molar-refractivity contribution < 1.29 is 22.3 Å². The molecule has 1 rings (SSSR count). The van der Waals surface area contributed by atoms with Crippen LogP contribution in [0.5, 0.6) is 0 Å². The summed E-state index contributed by atoms with van der Waals surface area (Å²) in [5, 5.41) is 0. The fraction of sp³-hybridized carbons (Fsp3) is 0.417. The molecule has 0 spiro atoms. The van der Waals surface area contributed by atoms with Gasteiger partial charge in [-0.05, 0) is 45.0 Å². The molecule has 18 heavy (non-hydrogen) atoms. The van der Waals surface area contributed by atoms with Gasteiger partial charge >= 0.3 is 5.97 Å². The number of hydrogen-bond acceptors (Lipinski definition) is 4. The van der Waals surface area contributed by atoms with Crippen molar-refractivity contribution in [3.63, 3.8) is 0 Å². The van der Waals surface area contributed by atoms with Gasteiger partial charge in [0.25, 0.3) is 0 Å². The van der Waals surface area contributed by atoms with Crippen molar-refractivity contribution >= 4 is 15.8 Å². The van der Waals surface area contributed by atoms with Crippen molar-refractivity contribution in [1.29, 1.82) is 0 Å². The highest BCUT2D eigenvalue weighted by molar-refractivity contribution is 7.92. The van der Waals surface area contributed by atoms with E-state index in [2.05, 4.69) is 0 Å².